The van der Waals surface area contributed by atoms with E-state index in [1.54, 1.807) is 0 Å². The molecule has 1 rings (SSSR count). The summed E-state index contributed by atoms with van der Waals surface area (Å²) in [5.41, 5.74) is 0. The Morgan fingerprint density at radius 3 is 2.90 bits per heavy atom. The number of hydrogen-bond donors (Lipinski definition) is 0. The molecule has 0 aliphatic carbocycles. The molecule has 1 unspecified atom stereocenters. The van der Waals surface area contributed by atoms with E-state index in [9.17, 15) is 4.79 Å². The third kappa shape index (κ3) is 1.38. The first-order valence-electron chi connectivity index (χ1n) is 3.11. The molecule has 0 aromatic rings. The molecule has 4 heteroatoms. The predicted molar refractivity (Wildman–Crippen MR) is 43.3 cm³/mol. The molecule has 3 nitrogen and oxygen atoms in total. The Hall–Kier alpha value is -0.350. The van der Waals surface area contributed by atoms with Crippen LogP contribution >= 0.6 is 10.7 Å². The molecule has 0 bridgehead atoms. The summed E-state index contributed by atoms with van der Waals surface area (Å²) in [5, 5.41) is 1.88. The first kappa shape index (κ1) is 7.75. The molecule has 10 heavy (non-hydrogen) atoms. The molecule has 0 fully saturated rings. The van der Waals surface area contributed by atoms with Crippen LogP contribution < -0.4 is 0 Å². The average Bonchev–Trinajstić information content (AvgIpc) is 2.34. The lowest BCUT2D eigenvalue weighted by Gasteiger charge is -2.11. The van der Waals surface area contributed by atoms with Gasteiger partial charge in [-0.1, -0.05) is 0 Å². The zero-order chi connectivity index (χ0) is 7.56. The summed E-state index contributed by atoms with van der Waals surface area (Å²) in [6, 6.07) is 0. The molecule has 0 saturated carbocycles. The van der Waals surface area contributed by atoms with E-state index in [1.165, 1.54) is 7.11 Å². The number of ether oxygens (including phenoxy) is 1. The Morgan fingerprint density at radius 2 is 2.50 bits per heavy atom. The van der Waals surface area contributed by atoms with Gasteiger partial charge in [-0.25, -0.2) is 9.10 Å². The molecule has 1 aliphatic rings. The third-order valence-corrected chi connectivity index (χ3v) is 3.31. The molecule has 0 radical (unpaired) electrons. The highest BCUT2D eigenvalue weighted by atomic mass is 32.2. The van der Waals surface area contributed by atoms with Gasteiger partial charge in [0, 0.05) is 6.54 Å². The minimum absolute atomic E-state index is 0.125. The van der Waals surface area contributed by atoms with Crippen LogP contribution in [-0.2, 0) is 4.74 Å². The Bertz CT molecular complexity index is 179. The van der Waals surface area contributed by atoms with Gasteiger partial charge in [-0.05, 0) is 29.5 Å². The Labute approximate surface area is 63.0 Å². The second-order valence-corrected chi connectivity index (χ2v) is 3.99. The van der Waals surface area contributed by atoms with Crippen LogP contribution in [0, 0.1) is 0 Å². The molecule has 1 aliphatic heterocycles. The molecule has 0 aromatic carbocycles. The SMILES string of the molecule is COC(=O)S1=CCCN1C. The second kappa shape index (κ2) is 3.16. The fraction of sp³-hybridized carbons (Fsp3) is 0.667. The standard InChI is InChI=1S/C6H11NO2S/c1-7-4-3-5-10(7)6(8)9-2/h5H,3-4H2,1-2H3. The van der Waals surface area contributed by atoms with Crippen LogP contribution in [-0.4, -0.2) is 35.7 Å². The fourth-order valence-electron chi connectivity index (χ4n) is 0.852. The van der Waals surface area contributed by atoms with Gasteiger partial charge in [0.15, 0.2) is 0 Å². The Kier molecular flexibility index (Phi) is 2.45. The lowest BCUT2D eigenvalue weighted by atomic mass is 10.5. The van der Waals surface area contributed by atoms with Crippen LogP contribution in [0.3, 0.4) is 0 Å². The van der Waals surface area contributed by atoms with E-state index >= 15 is 0 Å². The first-order chi connectivity index (χ1) is 4.75. The quantitative estimate of drug-likeness (QED) is 0.393. The molecule has 0 amide bonds. The van der Waals surface area contributed by atoms with E-state index in [1.807, 2.05) is 16.7 Å². The van der Waals surface area contributed by atoms with Crippen LogP contribution in [0.15, 0.2) is 0 Å². The number of carbonyl (C=O) groups is 1. The van der Waals surface area contributed by atoms with E-state index in [4.69, 9.17) is 0 Å². The molecule has 58 valence electrons. The van der Waals surface area contributed by atoms with E-state index in [-0.39, 0.29) is 16.0 Å². The van der Waals surface area contributed by atoms with E-state index in [0.717, 1.165) is 13.0 Å². The number of rotatable bonds is 0. The predicted octanol–water partition coefficient (Wildman–Crippen LogP) is 1.07. The summed E-state index contributed by atoms with van der Waals surface area (Å²) in [4.78, 5) is 10.9. The number of nitrogens with zero attached hydrogens (tertiary/aromatic N) is 1. The maximum atomic E-state index is 10.9. The Morgan fingerprint density at radius 1 is 1.80 bits per heavy atom. The largest absolute Gasteiger partial charge is 0.460 e. The van der Waals surface area contributed by atoms with Crippen LogP contribution in [0.1, 0.15) is 6.42 Å². The third-order valence-electron chi connectivity index (χ3n) is 1.39. The normalized spacial score (nSPS) is 26.0. The molecular weight excluding hydrogens is 150 g/mol. The molecular formula is C6H11NO2S. The summed E-state index contributed by atoms with van der Waals surface area (Å²) < 4.78 is 6.61. The molecule has 1 atom stereocenters. The van der Waals surface area contributed by atoms with Crippen LogP contribution in [0.4, 0.5) is 4.79 Å². The average molecular weight is 161 g/mol. The topological polar surface area (TPSA) is 29.5 Å². The highest BCUT2D eigenvalue weighted by molar-refractivity contribution is 8.25. The van der Waals surface area contributed by atoms with Crippen molar-refractivity contribution in [3.63, 3.8) is 0 Å². The van der Waals surface area contributed by atoms with Gasteiger partial charge >= 0.3 is 5.30 Å². The van der Waals surface area contributed by atoms with E-state index in [0.29, 0.717) is 0 Å². The van der Waals surface area contributed by atoms with Crippen molar-refractivity contribution in [3.8, 4) is 0 Å². The van der Waals surface area contributed by atoms with Gasteiger partial charge in [0.1, 0.15) is 0 Å². The summed E-state index contributed by atoms with van der Waals surface area (Å²) in [7, 11) is 2.99. The maximum absolute atomic E-state index is 10.9. The van der Waals surface area contributed by atoms with Crippen molar-refractivity contribution in [3.05, 3.63) is 0 Å². The van der Waals surface area contributed by atoms with Gasteiger partial charge in [0.25, 0.3) is 0 Å². The number of hydrogen-bond acceptors (Lipinski definition) is 3. The van der Waals surface area contributed by atoms with Crippen LogP contribution in [0.2, 0.25) is 0 Å². The summed E-state index contributed by atoms with van der Waals surface area (Å²) in [6.07, 6.45) is 0.995. The smallest absolute Gasteiger partial charge is 0.375 e. The zero-order valence-corrected chi connectivity index (χ0v) is 6.98. The van der Waals surface area contributed by atoms with Crippen molar-refractivity contribution >= 4 is 21.3 Å². The second-order valence-electron chi connectivity index (χ2n) is 2.08. The van der Waals surface area contributed by atoms with Crippen molar-refractivity contribution in [2.24, 2.45) is 0 Å². The lowest BCUT2D eigenvalue weighted by molar-refractivity contribution is 0.199. The van der Waals surface area contributed by atoms with Gasteiger partial charge in [-0.2, -0.15) is 0 Å². The van der Waals surface area contributed by atoms with Crippen molar-refractivity contribution in [1.82, 2.24) is 4.31 Å². The minimum atomic E-state index is -0.370. The van der Waals surface area contributed by atoms with Crippen LogP contribution in [0.5, 0.6) is 0 Å². The number of carbonyl (C=O) groups excluding carboxylic acids is 1. The molecule has 0 spiro atoms. The van der Waals surface area contributed by atoms with Gasteiger partial charge in [0.2, 0.25) is 0 Å². The van der Waals surface area contributed by atoms with Gasteiger partial charge in [0.05, 0.1) is 7.11 Å². The lowest BCUT2D eigenvalue weighted by Crippen LogP contribution is -2.11. The highest BCUT2D eigenvalue weighted by Crippen LogP contribution is 2.24. The highest BCUT2D eigenvalue weighted by Gasteiger charge is 2.16. The van der Waals surface area contributed by atoms with Crippen molar-refractivity contribution in [2.45, 2.75) is 6.42 Å². The Balaban J connectivity index is 2.63. The summed E-state index contributed by atoms with van der Waals surface area (Å²) in [5.74, 6) is 0. The van der Waals surface area contributed by atoms with E-state index < -0.39 is 0 Å². The first-order valence-corrected chi connectivity index (χ1v) is 4.36. The zero-order valence-electron chi connectivity index (χ0n) is 6.16. The summed E-state index contributed by atoms with van der Waals surface area (Å²) in [6.45, 7) is 0.970. The minimum Gasteiger partial charge on any atom is -0.460 e. The molecule has 0 aromatic heterocycles. The molecule has 0 saturated heterocycles. The van der Waals surface area contributed by atoms with Crippen LogP contribution in [0.25, 0.3) is 0 Å². The van der Waals surface area contributed by atoms with Crippen molar-refractivity contribution < 1.29 is 9.53 Å². The monoisotopic (exact) mass is 161 g/mol. The fourth-order valence-corrected chi connectivity index (χ4v) is 2.30. The van der Waals surface area contributed by atoms with Crippen molar-refractivity contribution in [2.75, 3.05) is 20.7 Å². The van der Waals surface area contributed by atoms with Crippen molar-refractivity contribution in [1.29, 1.82) is 0 Å². The maximum Gasteiger partial charge on any atom is 0.375 e. The van der Waals surface area contributed by atoms with Gasteiger partial charge in [-0.3, -0.25) is 0 Å². The van der Waals surface area contributed by atoms with Gasteiger partial charge in [-0.15, -0.1) is 0 Å². The number of methoxy groups -OCH3 is 1. The molecule has 1 heterocycles. The summed E-state index contributed by atoms with van der Waals surface area (Å²) >= 11 is 0. The molecule has 0 N–H and O–H groups in total. The van der Waals surface area contributed by atoms with Gasteiger partial charge < -0.3 is 4.74 Å². The van der Waals surface area contributed by atoms with E-state index in [2.05, 4.69) is 4.74 Å².